The number of carboxylic acid groups (broad SMARTS) is 1. The first kappa shape index (κ1) is 14.4. The van der Waals surface area contributed by atoms with Gasteiger partial charge in [-0.1, -0.05) is 12.1 Å². The number of hydrogen-bond acceptors (Lipinski definition) is 3. The Labute approximate surface area is 128 Å². The highest BCUT2D eigenvalue weighted by atomic mass is 16.4. The molecular formula is C17H17NO4. The van der Waals surface area contributed by atoms with Gasteiger partial charge in [0, 0.05) is 6.54 Å². The highest BCUT2D eigenvalue weighted by Crippen LogP contribution is 2.32. The smallest absolute Gasteiger partial charge is 0.335 e. The summed E-state index contributed by atoms with van der Waals surface area (Å²) in [5.74, 6) is -0.171. The number of hydrogen-bond donors (Lipinski definition) is 1. The first-order valence-electron chi connectivity index (χ1n) is 7.30. The zero-order chi connectivity index (χ0) is 15.5. The highest BCUT2D eigenvalue weighted by Gasteiger charge is 2.31. The molecule has 1 amide bonds. The van der Waals surface area contributed by atoms with Crippen molar-refractivity contribution in [1.82, 2.24) is 4.90 Å². The molecule has 2 aromatic rings. The Balaban J connectivity index is 1.74. The van der Waals surface area contributed by atoms with Crippen molar-refractivity contribution in [3.63, 3.8) is 0 Å². The Morgan fingerprint density at radius 1 is 1.27 bits per heavy atom. The molecule has 0 bridgehead atoms. The molecule has 0 spiro atoms. The Bertz CT molecular complexity index is 678. The van der Waals surface area contributed by atoms with Gasteiger partial charge in [0.1, 0.15) is 5.76 Å². The number of benzene rings is 1. The summed E-state index contributed by atoms with van der Waals surface area (Å²) in [7, 11) is 0. The largest absolute Gasteiger partial charge is 0.478 e. The second-order valence-electron chi connectivity index (χ2n) is 5.44. The van der Waals surface area contributed by atoms with Crippen LogP contribution in [0.1, 0.15) is 40.6 Å². The number of carbonyl (C=O) groups excluding carboxylic acids is 1. The van der Waals surface area contributed by atoms with E-state index in [2.05, 4.69) is 0 Å². The lowest BCUT2D eigenvalue weighted by molar-refractivity contribution is -0.131. The first-order chi connectivity index (χ1) is 10.6. The SMILES string of the molecule is O=C(O)c1cccc(CC(=O)N2CCC[C@@H]2c2ccco2)c1. The van der Waals surface area contributed by atoms with Gasteiger partial charge in [0.15, 0.2) is 0 Å². The minimum Gasteiger partial charge on any atom is -0.478 e. The van der Waals surface area contributed by atoms with Crippen LogP contribution < -0.4 is 0 Å². The second kappa shape index (κ2) is 6.05. The summed E-state index contributed by atoms with van der Waals surface area (Å²) in [6.45, 7) is 0.711. The lowest BCUT2D eigenvalue weighted by atomic mass is 10.1. The zero-order valence-corrected chi connectivity index (χ0v) is 12.1. The molecule has 0 saturated carbocycles. The summed E-state index contributed by atoms with van der Waals surface area (Å²) in [5.41, 5.74) is 0.921. The maximum absolute atomic E-state index is 12.5. The maximum atomic E-state index is 12.5. The molecule has 1 N–H and O–H groups in total. The monoisotopic (exact) mass is 299 g/mol. The quantitative estimate of drug-likeness (QED) is 0.942. The molecule has 1 fully saturated rings. The van der Waals surface area contributed by atoms with Crippen LogP contribution in [-0.4, -0.2) is 28.4 Å². The lowest BCUT2D eigenvalue weighted by Gasteiger charge is -2.23. The van der Waals surface area contributed by atoms with Crippen molar-refractivity contribution in [2.75, 3.05) is 6.54 Å². The second-order valence-corrected chi connectivity index (χ2v) is 5.44. The predicted octanol–water partition coefficient (Wildman–Crippen LogP) is 2.88. The van der Waals surface area contributed by atoms with Crippen molar-refractivity contribution in [3.05, 3.63) is 59.5 Å². The normalized spacial score (nSPS) is 17.6. The van der Waals surface area contributed by atoms with Gasteiger partial charge in [0.25, 0.3) is 0 Å². The van der Waals surface area contributed by atoms with E-state index in [0.29, 0.717) is 6.54 Å². The van der Waals surface area contributed by atoms with Crippen LogP contribution >= 0.6 is 0 Å². The molecule has 3 rings (SSSR count). The third kappa shape index (κ3) is 2.88. The summed E-state index contributed by atoms with van der Waals surface area (Å²) in [6, 6.07) is 10.2. The fraction of sp³-hybridized carbons (Fsp3) is 0.294. The molecule has 1 aromatic heterocycles. The van der Waals surface area contributed by atoms with Crippen LogP contribution in [0.4, 0.5) is 0 Å². The van der Waals surface area contributed by atoms with E-state index in [9.17, 15) is 9.59 Å². The average Bonchev–Trinajstić information content (AvgIpc) is 3.18. The molecular weight excluding hydrogens is 282 g/mol. The van der Waals surface area contributed by atoms with Crippen LogP contribution in [0, 0.1) is 0 Å². The van der Waals surface area contributed by atoms with Crippen LogP contribution in [0.2, 0.25) is 0 Å². The molecule has 0 radical (unpaired) electrons. The molecule has 2 heterocycles. The van der Waals surface area contributed by atoms with E-state index in [1.807, 2.05) is 17.0 Å². The van der Waals surface area contributed by atoms with E-state index in [1.165, 1.54) is 6.07 Å². The molecule has 1 aliphatic rings. The van der Waals surface area contributed by atoms with Gasteiger partial charge in [0.05, 0.1) is 24.3 Å². The van der Waals surface area contributed by atoms with E-state index < -0.39 is 5.97 Å². The Kier molecular flexibility index (Phi) is 3.96. The van der Waals surface area contributed by atoms with E-state index in [1.54, 1.807) is 24.5 Å². The van der Waals surface area contributed by atoms with Crippen LogP contribution in [0.5, 0.6) is 0 Å². The van der Waals surface area contributed by atoms with E-state index in [-0.39, 0.29) is 23.9 Å². The maximum Gasteiger partial charge on any atom is 0.335 e. The fourth-order valence-electron chi connectivity index (χ4n) is 2.93. The van der Waals surface area contributed by atoms with Crippen LogP contribution in [0.3, 0.4) is 0 Å². The van der Waals surface area contributed by atoms with Gasteiger partial charge >= 0.3 is 5.97 Å². The van der Waals surface area contributed by atoms with Crippen molar-refractivity contribution in [2.24, 2.45) is 0 Å². The van der Waals surface area contributed by atoms with Crippen molar-refractivity contribution in [1.29, 1.82) is 0 Å². The summed E-state index contributed by atoms with van der Waals surface area (Å²) < 4.78 is 5.43. The number of rotatable bonds is 4. The summed E-state index contributed by atoms with van der Waals surface area (Å²) in [5, 5.41) is 9.01. The molecule has 5 nitrogen and oxygen atoms in total. The molecule has 114 valence electrons. The number of furan rings is 1. The predicted molar refractivity (Wildman–Crippen MR) is 79.5 cm³/mol. The van der Waals surface area contributed by atoms with Gasteiger partial charge < -0.3 is 14.4 Å². The first-order valence-corrected chi connectivity index (χ1v) is 7.30. The molecule has 1 atom stereocenters. The van der Waals surface area contributed by atoms with Gasteiger partial charge in [-0.15, -0.1) is 0 Å². The van der Waals surface area contributed by atoms with Gasteiger partial charge in [-0.3, -0.25) is 4.79 Å². The third-order valence-electron chi connectivity index (χ3n) is 3.97. The summed E-state index contributed by atoms with van der Waals surface area (Å²) in [4.78, 5) is 25.4. The Hall–Kier alpha value is -2.56. The standard InChI is InChI=1S/C17H17NO4/c19-16(11-12-4-1-5-13(10-12)17(20)21)18-8-2-6-14(18)15-7-3-9-22-15/h1,3-5,7,9-10,14H,2,6,8,11H2,(H,20,21)/t14-/m1/s1. The molecule has 1 saturated heterocycles. The minimum atomic E-state index is -0.982. The van der Waals surface area contributed by atoms with E-state index in [4.69, 9.17) is 9.52 Å². The van der Waals surface area contributed by atoms with Crippen molar-refractivity contribution in [2.45, 2.75) is 25.3 Å². The van der Waals surface area contributed by atoms with Crippen LogP contribution in [-0.2, 0) is 11.2 Å². The van der Waals surface area contributed by atoms with Gasteiger partial charge in [-0.2, -0.15) is 0 Å². The van der Waals surface area contributed by atoms with Crippen LogP contribution in [0.25, 0.3) is 0 Å². The van der Waals surface area contributed by atoms with E-state index >= 15 is 0 Å². The number of carbonyl (C=O) groups is 2. The van der Waals surface area contributed by atoms with Crippen LogP contribution in [0.15, 0.2) is 47.1 Å². The molecule has 5 heteroatoms. The van der Waals surface area contributed by atoms with Gasteiger partial charge in [-0.25, -0.2) is 4.79 Å². The Morgan fingerprint density at radius 3 is 2.86 bits per heavy atom. The summed E-state index contributed by atoms with van der Waals surface area (Å²) in [6.07, 6.45) is 3.67. The average molecular weight is 299 g/mol. The zero-order valence-electron chi connectivity index (χ0n) is 12.1. The van der Waals surface area contributed by atoms with Gasteiger partial charge in [0.2, 0.25) is 5.91 Å². The van der Waals surface area contributed by atoms with Crippen molar-refractivity contribution >= 4 is 11.9 Å². The van der Waals surface area contributed by atoms with Crippen molar-refractivity contribution < 1.29 is 19.1 Å². The number of likely N-dealkylation sites (tertiary alicyclic amines) is 1. The minimum absolute atomic E-state index is 0.00133. The number of amides is 1. The highest BCUT2D eigenvalue weighted by molar-refractivity contribution is 5.88. The molecule has 0 aliphatic carbocycles. The molecule has 1 aliphatic heterocycles. The topological polar surface area (TPSA) is 70.8 Å². The molecule has 1 aromatic carbocycles. The number of aromatic carboxylic acids is 1. The lowest BCUT2D eigenvalue weighted by Crippen LogP contribution is -2.31. The molecule has 22 heavy (non-hydrogen) atoms. The number of nitrogens with zero attached hydrogens (tertiary/aromatic N) is 1. The Morgan fingerprint density at radius 2 is 2.14 bits per heavy atom. The third-order valence-corrected chi connectivity index (χ3v) is 3.97. The van der Waals surface area contributed by atoms with Crippen molar-refractivity contribution in [3.8, 4) is 0 Å². The molecule has 0 unspecified atom stereocenters. The van der Waals surface area contributed by atoms with Gasteiger partial charge in [-0.05, 0) is 42.7 Å². The summed E-state index contributed by atoms with van der Waals surface area (Å²) >= 11 is 0. The fourth-order valence-corrected chi connectivity index (χ4v) is 2.93. The number of carboxylic acids is 1. The van der Waals surface area contributed by atoms with E-state index in [0.717, 1.165) is 24.2 Å².